The zero-order valence-electron chi connectivity index (χ0n) is 34.7. The number of carbonyl (C=O) groups excluding carboxylic acids is 4. The number of amides is 4. The summed E-state index contributed by atoms with van der Waals surface area (Å²) in [6, 6.07) is 4.29. The molecule has 0 radical (unpaired) electrons. The first-order chi connectivity index (χ1) is 28.4. The summed E-state index contributed by atoms with van der Waals surface area (Å²) < 4.78 is 13.1. The Balaban J connectivity index is 0.699. The van der Waals surface area contributed by atoms with Crippen molar-refractivity contribution >= 4 is 58.6 Å². The lowest BCUT2D eigenvalue weighted by molar-refractivity contribution is -0.362. The van der Waals surface area contributed by atoms with Crippen molar-refractivity contribution in [3.05, 3.63) is 52.8 Å². The SMILES string of the molecule is CC1(C/C=C/CCCCCCCCOC(=O)CCCC[C@@H]2SC[C@@H]3NC(=O)N[C@@H]32)C=Cc2c(ccc3c2[N+]([O-])=C2C3=C[C@@]34NC(=O)[C@]5(CCCN5C3=O)C[C@H]4C2(C)C)O1. The maximum absolute atomic E-state index is 14.4. The monoisotopic (exact) mass is 825 g/mol. The van der Waals surface area contributed by atoms with Crippen molar-refractivity contribution in [3.8, 4) is 5.75 Å². The Kier molecular flexibility index (Phi) is 10.4. The van der Waals surface area contributed by atoms with Crippen LogP contribution in [0.5, 0.6) is 5.75 Å². The van der Waals surface area contributed by atoms with E-state index in [0.29, 0.717) is 61.2 Å². The number of carbonyl (C=O) groups is 4. The second-order valence-corrected chi connectivity index (χ2v) is 20.2. The van der Waals surface area contributed by atoms with Gasteiger partial charge in [0.2, 0.25) is 17.3 Å². The van der Waals surface area contributed by atoms with Gasteiger partial charge in [0.05, 0.1) is 40.8 Å². The summed E-state index contributed by atoms with van der Waals surface area (Å²) in [7, 11) is 0. The quantitative estimate of drug-likeness (QED) is 0.0400. The highest BCUT2D eigenvalue weighted by Gasteiger charge is 2.74. The minimum absolute atomic E-state index is 0.0372. The fourth-order valence-corrected chi connectivity index (χ4v) is 13.0. The molecule has 1 aromatic rings. The van der Waals surface area contributed by atoms with Gasteiger partial charge in [-0.1, -0.05) is 44.3 Å². The number of piperidine rings is 2. The van der Waals surface area contributed by atoms with E-state index in [2.05, 4.69) is 54.9 Å². The molecule has 4 amide bonds. The van der Waals surface area contributed by atoms with Gasteiger partial charge < -0.3 is 35.5 Å². The predicted octanol–water partition coefficient (Wildman–Crippen LogP) is 7.07. The Morgan fingerprint density at radius 1 is 1.05 bits per heavy atom. The van der Waals surface area contributed by atoms with E-state index in [1.165, 1.54) is 6.42 Å². The average molecular weight is 826 g/mol. The molecule has 1 aromatic carbocycles. The number of nitrogens with one attached hydrogen (secondary N) is 3. The number of allylic oxidation sites excluding steroid dienone is 2. The third kappa shape index (κ3) is 6.77. The van der Waals surface area contributed by atoms with Gasteiger partial charge in [-0.3, -0.25) is 14.4 Å². The second-order valence-electron chi connectivity index (χ2n) is 18.9. The van der Waals surface area contributed by atoms with Crippen molar-refractivity contribution in [1.82, 2.24) is 20.9 Å². The van der Waals surface area contributed by atoms with Gasteiger partial charge >= 0.3 is 12.0 Å². The Bertz CT molecular complexity index is 2060. The maximum Gasteiger partial charge on any atom is 0.315 e. The molecule has 2 spiro atoms. The van der Waals surface area contributed by atoms with Crippen molar-refractivity contribution in [1.29, 1.82) is 0 Å². The van der Waals surface area contributed by atoms with Crippen molar-refractivity contribution in [3.63, 3.8) is 0 Å². The van der Waals surface area contributed by atoms with E-state index < -0.39 is 22.1 Å². The number of esters is 1. The van der Waals surface area contributed by atoms with Gasteiger partial charge in [-0.25, -0.2) is 4.79 Å². The van der Waals surface area contributed by atoms with Gasteiger partial charge in [0.1, 0.15) is 22.4 Å². The van der Waals surface area contributed by atoms with Gasteiger partial charge in [-0.2, -0.15) is 16.5 Å². The van der Waals surface area contributed by atoms with E-state index in [-0.39, 0.29) is 41.8 Å². The second kappa shape index (κ2) is 15.3. The van der Waals surface area contributed by atoms with Gasteiger partial charge in [0, 0.05) is 36.3 Å². The van der Waals surface area contributed by atoms with E-state index in [1.807, 2.05) is 40.9 Å². The zero-order chi connectivity index (χ0) is 41.2. The highest BCUT2D eigenvalue weighted by molar-refractivity contribution is 8.00. The fourth-order valence-electron chi connectivity index (χ4n) is 11.5. The molecule has 10 rings (SSSR count). The Labute approximate surface area is 351 Å². The Morgan fingerprint density at radius 3 is 2.71 bits per heavy atom. The molecule has 9 aliphatic rings. The number of hydrogen-bond donors (Lipinski definition) is 3. The molecular formula is C46H59N5O7S. The zero-order valence-corrected chi connectivity index (χ0v) is 35.6. The molecule has 12 nitrogen and oxygen atoms in total. The normalized spacial score (nSPS) is 32.8. The van der Waals surface area contributed by atoms with Gasteiger partial charge in [0.15, 0.2) is 0 Å². The van der Waals surface area contributed by atoms with Crippen LogP contribution in [0.1, 0.15) is 128 Å². The minimum atomic E-state index is -1.16. The summed E-state index contributed by atoms with van der Waals surface area (Å²) in [5, 5.41) is 24.0. The van der Waals surface area contributed by atoms with Crippen LogP contribution < -0.4 is 20.7 Å². The molecular weight excluding hydrogens is 767 g/mol. The van der Waals surface area contributed by atoms with Crippen molar-refractivity contribution in [2.75, 3.05) is 18.9 Å². The van der Waals surface area contributed by atoms with E-state index in [1.54, 1.807) is 0 Å². The van der Waals surface area contributed by atoms with Crippen LogP contribution in [-0.2, 0) is 19.1 Å². The molecule has 6 saturated heterocycles. The molecule has 8 heterocycles. The van der Waals surface area contributed by atoms with Crippen molar-refractivity contribution in [2.45, 2.75) is 151 Å². The summed E-state index contributed by atoms with van der Waals surface area (Å²) in [4.78, 5) is 53.2. The average Bonchev–Trinajstić information content (AvgIpc) is 3.97. The number of rotatable bonds is 16. The van der Waals surface area contributed by atoms with Crippen molar-refractivity contribution in [2.24, 2.45) is 11.3 Å². The summed E-state index contributed by atoms with van der Waals surface area (Å²) in [5.41, 5.74) is 0.301. The summed E-state index contributed by atoms with van der Waals surface area (Å²) in [6.45, 7) is 7.29. The number of urea groups is 1. The number of ether oxygens (including phenoxy) is 2. The lowest BCUT2D eigenvalue weighted by Crippen LogP contribution is -2.83. The van der Waals surface area contributed by atoms with Crippen LogP contribution in [0.25, 0.3) is 11.6 Å². The first kappa shape index (κ1) is 40.2. The van der Waals surface area contributed by atoms with Crippen LogP contribution in [0.4, 0.5) is 10.5 Å². The molecule has 3 N–H and O–H groups in total. The smallest absolute Gasteiger partial charge is 0.315 e. The van der Waals surface area contributed by atoms with Crippen LogP contribution >= 0.6 is 11.8 Å². The molecule has 1 unspecified atom stereocenters. The number of unbranched alkanes of at least 4 members (excludes halogenated alkanes) is 7. The summed E-state index contributed by atoms with van der Waals surface area (Å²) >= 11 is 1.91. The molecule has 2 bridgehead atoms. The van der Waals surface area contributed by atoms with Gasteiger partial charge in [-0.05, 0) is 102 Å². The van der Waals surface area contributed by atoms with Crippen LogP contribution in [-0.4, -0.2) is 92.1 Å². The minimum Gasteiger partial charge on any atom is -0.618 e. The van der Waals surface area contributed by atoms with Crippen LogP contribution in [0.15, 0.2) is 36.4 Å². The van der Waals surface area contributed by atoms with Gasteiger partial charge in [-0.15, -0.1) is 0 Å². The third-order valence-corrected chi connectivity index (χ3v) is 16.1. The molecule has 13 heteroatoms. The largest absolute Gasteiger partial charge is 0.618 e. The first-order valence-electron chi connectivity index (χ1n) is 22.1. The number of fused-ring (bicyclic) bond motifs is 7. The molecule has 7 atom stereocenters. The third-order valence-electron chi connectivity index (χ3n) is 14.6. The van der Waals surface area contributed by atoms with Gasteiger partial charge in [0.25, 0.3) is 5.91 Å². The van der Waals surface area contributed by atoms with Crippen LogP contribution in [0.2, 0.25) is 0 Å². The number of thioether (sulfide) groups is 1. The van der Waals surface area contributed by atoms with Crippen LogP contribution in [0.3, 0.4) is 0 Å². The van der Waals surface area contributed by atoms with Crippen molar-refractivity contribution < 1.29 is 33.4 Å². The first-order valence-corrected chi connectivity index (χ1v) is 23.2. The summed E-state index contributed by atoms with van der Waals surface area (Å²) in [6.07, 6.45) is 24.0. The number of benzene rings is 1. The summed E-state index contributed by atoms with van der Waals surface area (Å²) in [5.74, 6) is 1.21. The molecule has 1 aliphatic carbocycles. The Hall–Kier alpha value is -4.26. The topological polar surface area (TPSA) is 152 Å². The lowest BCUT2D eigenvalue weighted by Gasteiger charge is -2.62. The molecule has 59 heavy (non-hydrogen) atoms. The van der Waals surface area contributed by atoms with E-state index in [0.717, 1.165) is 91.4 Å². The number of piperazine rings is 1. The van der Waals surface area contributed by atoms with E-state index >= 15 is 0 Å². The number of nitrogens with zero attached hydrogens (tertiary/aromatic N) is 2. The standard InChI is InChI=1S/C46H59N5O7S/c1-43(2)35-27-45-22-15-24-50(45)41(54)46(35,49-40(45)53)26-31-29-18-19-33-30(38(29)51(56)39(31)43)20-23-44(3,58-33)21-13-9-7-5-4-6-8-10-14-25-57-36(52)17-12-11-16-34-37-32(28-59-34)47-42(55)48-37/h9,13,18-20,23,26,32,34-35,37H,4-8,10-12,14-17,21-22,24-25,27-28H2,1-3H3,(H,49,53)(H2,47,48,55)/b13-9+/t32-,34-,35-,37-,44?,45-,46-/m0/s1. The highest BCUT2D eigenvalue weighted by atomic mass is 32.2. The van der Waals surface area contributed by atoms with Crippen LogP contribution in [0, 0.1) is 16.5 Å². The molecule has 316 valence electrons. The lowest BCUT2D eigenvalue weighted by atomic mass is 9.51. The fraction of sp³-hybridized carbons (Fsp3) is 0.630. The molecule has 0 saturated carbocycles. The number of hydrogen-bond acceptors (Lipinski definition) is 8. The molecule has 8 aliphatic heterocycles. The molecule has 0 aromatic heterocycles. The maximum atomic E-state index is 14.4. The predicted molar refractivity (Wildman–Crippen MR) is 228 cm³/mol. The highest BCUT2D eigenvalue weighted by Crippen LogP contribution is 2.61. The van der Waals surface area contributed by atoms with E-state index in [4.69, 9.17) is 9.47 Å². The van der Waals surface area contributed by atoms with E-state index in [9.17, 15) is 24.4 Å². The Morgan fingerprint density at radius 2 is 1.86 bits per heavy atom. The molecule has 6 fully saturated rings.